The Kier molecular flexibility index (Phi) is 5.09. The van der Waals surface area contributed by atoms with E-state index in [4.69, 9.17) is 4.74 Å². The summed E-state index contributed by atoms with van der Waals surface area (Å²) in [4.78, 5) is 13.0. The van der Waals surface area contributed by atoms with Crippen molar-refractivity contribution in [1.29, 1.82) is 0 Å². The number of nitrogens with one attached hydrogen (secondary N) is 1. The van der Waals surface area contributed by atoms with Gasteiger partial charge in [0.25, 0.3) is 0 Å². The molecule has 0 radical (unpaired) electrons. The molecule has 2 heterocycles. The molecule has 2 N–H and O–H groups in total. The molecule has 0 aliphatic carbocycles. The maximum absolute atomic E-state index is 11.2. The first-order chi connectivity index (χ1) is 11.2. The van der Waals surface area contributed by atoms with Crippen LogP contribution in [-0.4, -0.2) is 54.3 Å². The first-order valence-electron chi connectivity index (χ1n) is 8.16. The molecule has 2 aliphatic heterocycles. The normalized spacial score (nSPS) is 21.9. The molecule has 7 heteroatoms. The number of nitro groups is 1. The number of nitro benzene ring substituents is 1. The largest absolute Gasteiger partial charge is 0.502 e. The van der Waals surface area contributed by atoms with E-state index in [9.17, 15) is 15.2 Å². The summed E-state index contributed by atoms with van der Waals surface area (Å²) in [6.07, 6.45) is 1.92. The zero-order valence-electron chi connectivity index (χ0n) is 13.1. The summed E-state index contributed by atoms with van der Waals surface area (Å²) in [5, 5.41) is 24.2. The number of hydrogen-bond acceptors (Lipinski definition) is 6. The molecule has 7 nitrogen and oxygen atoms in total. The van der Waals surface area contributed by atoms with Gasteiger partial charge in [-0.3, -0.25) is 15.0 Å². The Labute approximate surface area is 135 Å². The molecule has 0 saturated carbocycles. The number of benzene rings is 1. The average Bonchev–Trinajstić information content (AvgIpc) is 2.58. The molecular formula is C16H23N3O4. The molecule has 23 heavy (non-hydrogen) atoms. The highest BCUT2D eigenvalue weighted by atomic mass is 16.6. The maximum Gasteiger partial charge on any atom is 0.311 e. The molecule has 0 amide bonds. The highest BCUT2D eigenvalue weighted by Crippen LogP contribution is 2.38. The summed E-state index contributed by atoms with van der Waals surface area (Å²) in [5.41, 5.74) is 0.706. The van der Waals surface area contributed by atoms with Crippen molar-refractivity contribution < 1.29 is 14.8 Å². The van der Waals surface area contributed by atoms with Crippen LogP contribution in [0.15, 0.2) is 18.2 Å². The fourth-order valence-electron chi connectivity index (χ4n) is 3.64. The van der Waals surface area contributed by atoms with Gasteiger partial charge in [-0.15, -0.1) is 0 Å². The van der Waals surface area contributed by atoms with Gasteiger partial charge in [0, 0.05) is 51.5 Å². The minimum absolute atomic E-state index is 0.139. The van der Waals surface area contributed by atoms with Crippen LogP contribution in [-0.2, 0) is 4.74 Å². The number of phenolic OH excluding ortho intramolecular Hbond substituents is 1. The molecule has 3 rings (SSSR count). The predicted octanol–water partition coefficient (Wildman–Crippen LogP) is 1.67. The van der Waals surface area contributed by atoms with Crippen LogP contribution >= 0.6 is 0 Å². The molecule has 0 spiro atoms. The lowest BCUT2D eigenvalue weighted by Crippen LogP contribution is -2.47. The lowest BCUT2D eigenvalue weighted by Gasteiger charge is -2.41. The van der Waals surface area contributed by atoms with E-state index in [1.165, 1.54) is 12.1 Å². The average molecular weight is 321 g/mol. The summed E-state index contributed by atoms with van der Waals surface area (Å²) in [6, 6.07) is 4.95. The number of phenols is 1. The monoisotopic (exact) mass is 321 g/mol. The number of rotatable bonds is 4. The van der Waals surface area contributed by atoms with Gasteiger partial charge in [0.15, 0.2) is 5.75 Å². The van der Waals surface area contributed by atoms with Crippen LogP contribution in [0.25, 0.3) is 0 Å². The van der Waals surface area contributed by atoms with E-state index in [0.717, 1.165) is 57.8 Å². The fraction of sp³-hybridized carbons (Fsp3) is 0.625. The molecule has 2 fully saturated rings. The van der Waals surface area contributed by atoms with Crippen molar-refractivity contribution in [3.05, 3.63) is 33.9 Å². The smallest absolute Gasteiger partial charge is 0.311 e. The molecule has 0 aromatic heterocycles. The van der Waals surface area contributed by atoms with Crippen molar-refractivity contribution >= 4 is 5.69 Å². The Morgan fingerprint density at radius 1 is 1.30 bits per heavy atom. The van der Waals surface area contributed by atoms with Gasteiger partial charge >= 0.3 is 5.69 Å². The summed E-state index contributed by atoms with van der Waals surface area (Å²) in [5.74, 6) is 0.149. The lowest BCUT2D eigenvalue weighted by molar-refractivity contribution is -0.386. The van der Waals surface area contributed by atoms with Crippen LogP contribution in [0.3, 0.4) is 0 Å². The van der Waals surface area contributed by atoms with Crippen LogP contribution in [0.2, 0.25) is 0 Å². The summed E-state index contributed by atoms with van der Waals surface area (Å²) >= 11 is 0. The van der Waals surface area contributed by atoms with Crippen molar-refractivity contribution in [2.45, 2.75) is 18.9 Å². The molecule has 1 atom stereocenters. The Hall–Kier alpha value is -1.70. The van der Waals surface area contributed by atoms with Crippen LogP contribution in [0.5, 0.6) is 5.75 Å². The molecule has 0 bridgehead atoms. The highest BCUT2D eigenvalue weighted by molar-refractivity contribution is 5.48. The molecule has 0 unspecified atom stereocenters. The second kappa shape index (κ2) is 7.25. The van der Waals surface area contributed by atoms with E-state index in [-0.39, 0.29) is 17.5 Å². The van der Waals surface area contributed by atoms with Crippen LogP contribution in [0, 0.1) is 16.0 Å². The van der Waals surface area contributed by atoms with Crippen LogP contribution in [0.4, 0.5) is 5.69 Å². The van der Waals surface area contributed by atoms with Gasteiger partial charge in [0.1, 0.15) is 0 Å². The van der Waals surface area contributed by atoms with Gasteiger partial charge < -0.3 is 15.2 Å². The predicted molar refractivity (Wildman–Crippen MR) is 85.5 cm³/mol. The number of aromatic hydroxyl groups is 1. The lowest BCUT2D eigenvalue weighted by atomic mass is 9.85. The van der Waals surface area contributed by atoms with Gasteiger partial charge in [0.05, 0.1) is 4.92 Å². The van der Waals surface area contributed by atoms with E-state index in [0.29, 0.717) is 5.92 Å². The zero-order valence-corrected chi connectivity index (χ0v) is 13.1. The van der Waals surface area contributed by atoms with Crippen LogP contribution in [0.1, 0.15) is 24.4 Å². The second-order valence-electron chi connectivity index (χ2n) is 6.19. The Morgan fingerprint density at radius 2 is 2.00 bits per heavy atom. The number of nitrogens with zero attached hydrogens (tertiary/aromatic N) is 2. The first-order valence-corrected chi connectivity index (χ1v) is 8.16. The van der Waals surface area contributed by atoms with Gasteiger partial charge in [-0.1, -0.05) is 6.07 Å². The molecule has 1 aromatic carbocycles. The standard InChI is InChI=1S/C16H23N3O4/c20-15-2-1-13(11-14(15)19(21)22)16(12-3-9-23-10-4-12)18-7-5-17-6-8-18/h1-2,11-12,16-17,20H,3-10H2/t16-/m0/s1. The minimum atomic E-state index is -0.516. The second-order valence-corrected chi connectivity index (χ2v) is 6.19. The van der Waals surface area contributed by atoms with E-state index >= 15 is 0 Å². The molecule has 2 saturated heterocycles. The van der Waals surface area contributed by atoms with Crippen LogP contribution < -0.4 is 5.32 Å². The Bertz CT molecular complexity index is 536. The minimum Gasteiger partial charge on any atom is -0.502 e. The molecular weight excluding hydrogens is 298 g/mol. The van der Waals surface area contributed by atoms with Crippen molar-refractivity contribution in [3.63, 3.8) is 0 Å². The topological polar surface area (TPSA) is 87.9 Å². The summed E-state index contributed by atoms with van der Waals surface area (Å²) < 4.78 is 5.48. The fourth-order valence-corrected chi connectivity index (χ4v) is 3.64. The molecule has 2 aliphatic rings. The quantitative estimate of drug-likeness (QED) is 0.648. The summed E-state index contributed by atoms with van der Waals surface area (Å²) in [6.45, 7) is 5.20. The third kappa shape index (κ3) is 3.63. The summed E-state index contributed by atoms with van der Waals surface area (Å²) in [7, 11) is 0. The third-order valence-corrected chi connectivity index (χ3v) is 4.80. The van der Waals surface area contributed by atoms with Gasteiger partial charge in [0.2, 0.25) is 0 Å². The van der Waals surface area contributed by atoms with E-state index in [1.54, 1.807) is 0 Å². The van der Waals surface area contributed by atoms with Gasteiger partial charge in [-0.2, -0.15) is 0 Å². The first kappa shape index (κ1) is 16.2. The van der Waals surface area contributed by atoms with Gasteiger partial charge in [-0.05, 0) is 30.4 Å². The van der Waals surface area contributed by atoms with Gasteiger partial charge in [-0.25, -0.2) is 0 Å². The number of hydrogen-bond donors (Lipinski definition) is 2. The highest BCUT2D eigenvalue weighted by Gasteiger charge is 2.32. The SMILES string of the molecule is O=[N+]([O-])c1cc([C@H](C2CCOCC2)N2CCNCC2)ccc1O. The molecule has 1 aromatic rings. The van der Waals surface area contributed by atoms with Crippen molar-refractivity contribution in [1.82, 2.24) is 10.2 Å². The Balaban J connectivity index is 1.93. The third-order valence-electron chi connectivity index (χ3n) is 4.80. The van der Waals surface area contributed by atoms with E-state index in [2.05, 4.69) is 10.2 Å². The van der Waals surface area contributed by atoms with Crippen molar-refractivity contribution in [2.75, 3.05) is 39.4 Å². The Morgan fingerprint density at radius 3 is 2.65 bits per heavy atom. The number of ether oxygens (including phenoxy) is 1. The van der Waals surface area contributed by atoms with E-state index in [1.807, 2.05) is 6.07 Å². The van der Waals surface area contributed by atoms with Crippen molar-refractivity contribution in [2.24, 2.45) is 5.92 Å². The van der Waals surface area contributed by atoms with Crippen molar-refractivity contribution in [3.8, 4) is 5.75 Å². The maximum atomic E-state index is 11.2. The van der Waals surface area contributed by atoms with E-state index < -0.39 is 4.92 Å². The number of piperazine rings is 1. The molecule has 126 valence electrons. The zero-order chi connectivity index (χ0) is 16.2.